The SMILES string of the molecule is O=C(Cc1ccc(OCc2ccccn2)cc1)N1CCC(O)CC1. The number of nitrogens with zero attached hydrogens (tertiary/aromatic N) is 2. The fraction of sp³-hybridized carbons (Fsp3) is 0.368. The molecule has 2 aromatic rings. The van der Waals surface area contributed by atoms with E-state index in [0.29, 0.717) is 39.0 Å². The Morgan fingerprint density at radius 3 is 2.58 bits per heavy atom. The molecule has 0 radical (unpaired) electrons. The second-order valence-electron chi connectivity index (χ2n) is 6.04. The van der Waals surface area contributed by atoms with Gasteiger partial charge in [-0.05, 0) is 42.7 Å². The molecule has 3 rings (SSSR count). The average molecular weight is 326 g/mol. The lowest BCUT2D eigenvalue weighted by molar-refractivity contribution is -0.132. The van der Waals surface area contributed by atoms with E-state index in [4.69, 9.17) is 4.74 Å². The van der Waals surface area contributed by atoms with Gasteiger partial charge in [0.2, 0.25) is 5.91 Å². The van der Waals surface area contributed by atoms with E-state index in [9.17, 15) is 9.90 Å². The van der Waals surface area contributed by atoms with Crippen molar-refractivity contribution in [3.63, 3.8) is 0 Å². The molecular formula is C19H22N2O3. The summed E-state index contributed by atoms with van der Waals surface area (Å²) in [4.78, 5) is 18.3. The zero-order valence-electron chi connectivity index (χ0n) is 13.6. The molecule has 0 atom stereocenters. The van der Waals surface area contributed by atoms with Gasteiger partial charge in [0.1, 0.15) is 12.4 Å². The van der Waals surface area contributed by atoms with Gasteiger partial charge in [0, 0.05) is 19.3 Å². The van der Waals surface area contributed by atoms with E-state index in [1.54, 1.807) is 6.20 Å². The maximum Gasteiger partial charge on any atom is 0.226 e. The van der Waals surface area contributed by atoms with Crippen LogP contribution in [0.1, 0.15) is 24.1 Å². The van der Waals surface area contributed by atoms with Crippen LogP contribution in [0.15, 0.2) is 48.7 Å². The van der Waals surface area contributed by atoms with Crippen molar-refractivity contribution in [2.24, 2.45) is 0 Å². The van der Waals surface area contributed by atoms with Crippen molar-refractivity contribution in [1.82, 2.24) is 9.88 Å². The summed E-state index contributed by atoms with van der Waals surface area (Å²) in [7, 11) is 0. The number of benzene rings is 1. The van der Waals surface area contributed by atoms with Crippen molar-refractivity contribution in [2.45, 2.75) is 32.0 Å². The molecule has 0 aliphatic carbocycles. The molecule has 1 amide bonds. The van der Waals surface area contributed by atoms with Crippen molar-refractivity contribution in [3.8, 4) is 5.75 Å². The molecular weight excluding hydrogens is 304 g/mol. The lowest BCUT2D eigenvalue weighted by atomic mass is 10.1. The Morgan fingerprint density at radius 2 is 1.92 bits per heavy atom. The first kappa shape index (κ1) is 16.5. The summed E-state index contributed by atoms with van der Waals surface area (Å²) in [6.07, 6.45) is 3.21. The quantitative estimate of drug-likeness (QED) is 0.915. The maximum atomic E-state index is 12.3. The molecule has 1 aromatic carbocycles. The van der Waals surface area contributed by atoms with E-state index in [-0.39, 0.29) is 12.0 Å². The van der Waals surface area contributed by atoms with Gasteiger partial charge in [-0.25, -0.2) is 0 Å². The first-order valence-corrected chi connectivity index (χ1v) is 8.28. The third kappa shape index (κ3) is 4.55. The fourth-order valence-corrected chi connectivity index (χ4v) is 2.75. The Labute approximate surface area is 141 Å². The van der Waals surface area contributed by atoms with Crippen LogP contribution in [0.5, 0.6) is 5.75 Å². The first-order chi connectivity index (χ1) is 11.7. The van der Waals surface area contributed by atoms with Crippen molar-refractivity contribution in [2.75, 3.05) is 13.1 Å². The number of amides is 1. The van der Waals surface area contributed by atoms with Crippen molar-refractivity contribution in [3.05, 3.63) is 59.9 Å². The van der Waals surface area contributed by atoms with Crippen LogP contribution >= 0.6 is 0 Å². The van der Waals surface area contributed by atoms with Gasteiger partial charge in [-0.3, -0.25) is 9.78 Å². The number of hydrogen-bond acceptors (Lipinski definition) is 4. The molecule has 0 saturated carbocycles. The molecule has 1 N–H and O–H groups in total. The fourth-order valence-electron chi connectivity index (χ4n) is 2.75. The molecule has 5 heteroatoms. The number of carbonyl (C=O) groups is 1. The average Bonchev–Trinajstić information content (AvgIpc) is 2.62. The lowest BCUT2D eigenvalue weighted by Gasteiger charge is -2.29. The number of carbonyl (C=O) groups excluding carboxylic acids is 1. The van der Waals surface area contributed by atoms with Crippen LogP contribution in [0, 0.1) is 0 Å². The zero-order chi connectivity index (χ0) is 16.8. The highest BCUT2D eigenvalue weighted by Crippen LogP contribution is 2.16. The number of pyridine rings is 1. The number of likely N-dealkylation sites (tertiary alicyclic amines) is 1. The van der Waals surface area contributed by atoms with Crippen LogP contribution in [0.3, 0.4) is 0 Å². The summed E-state index contributed by atoms with van der Waals surface area (Å²) in [5.41, 5.74) is 1.85. The van der Waals surface area contributed by atoms with E-state index in [1.807, 2.05) is 47.4 Å². The van der Waals surface area contributed by atoms with Gasteiger partial charge in [0.05, 0.1) is 18.2 Å². The molecule has 1 aliphatic heterocycles. The summed E-state index contributed by atoms with van der Waals surface area (Å²) in [5, 5.41) is 9.51. The largest absolute Gasteiger partial charge is 0.487 e. The van der Waals surface area contributed by atoms with Gasteiger partial charge in [-0.1, -0.05) is 18.2 Å². The smallest absolute Gasteiger partial charge is 0.226 e. The molecule has 0 spiro atoms. The first-order valence-electron chi connectivity index (χ1n) is 8.28. The van der Waals surface area contributed by atoms with Crippen LogP contribution in [0.25, 0.3) is 0 Å². The Hall–Kier alpha value is -2.40. The highest BCUT2D eigenvalue weighted by molar-refractivity contribution is 5.78. The Kier molecular flexibility index (Phi) is 5.43. The molecule has 2 heterocycles. The predicted octanol–water partition coefficient (Wildman–Crippen LogP) is 2.19. The summed E-state index contributed by atoms with van der Waals surface area (Å²) in [6.45, 7) is 1.71. The van der Waals surface area contributed by atoms with E-state index < -0.39 is 0 Å². The number of hydrogen-bond donors (Lipinski definition) is 1. The van der Waals surface area contributed by atoms with Crippen LogP contribution < -0.4 is 4.74 Å². The number of aromatic nitrogens is 1. The molecule has 24 heavy (non-hydrogen) atoms. The topological polar surface area (TPSA) is 62.7 Å². The molecule has 1 saturated heterocycles. The summed E-state index contributed by atoms with van der Waals surface area (Å²) in [6, 6.07) is 13.3. The Balaban J connectivity index is 1.50. The molecule has 0 bridgehead atoms. The minimum absolute atomic E-state index is 0.115. The number of aliphatic hydroxyl groups excluding tert-OH is 1. The van der Waals surface area contributed by atoms with Crippen LogP contribution in [-0.4, -0.2) is 40.1 Å². The van der Waals surface area contributed by atoms with Gasteiger partial charge in [-0.15, -0.1) is 0 Å². The van der Waals surface area contributed by atoms with E-state index in [0.717, 1.165) is 17.0 Å². The van der Waals surface area contributed by atoms with E-state index in [1.165, 1.54) is 0 Å². The second kappa shape index (κ2) is 7.93. The summed E-state index contributed by atoms with van der Waals surface area (Å²) < 4.78 is 5.69. The highest BCUT2D eigenvalue weighted by atomic mass is 16.5. The summed E-state index contributed by atoms with van der Waals surface area (Å²) in [5.74, 6) is 0.877. The normalized spacial score (nSPS) is 15.3. The second-order valence-corrected chi connectivity index (χ2v) is 6.04. The van der Waals surface area contributed by atoms with E-state index in [2.05, 4.69) is 4.98 Å². The Bertz CT molecular complexity index is 650. The van der Waals surface area contributed by atoms with Gasteiger partial charge in [0.15, 0.2) is 0 Å². The number of rotatable bonds is 5. The number of aliphatic hydroxyl groups is 1. The molecule has 1 aliphatic rings. The van der Waals surface area contributed by atoms with Crippen LogP contribution in [0.4, 0.5) is 0 Å². The van der Waals surface area contributed by atoms with Crippen molar-refractivity contribution < 1.29 is 14.6 Å². The predicted molar refractivity (Wildman–Crippen MR) is 90.5 cm³/mol. The van der Waals surface area contributed by atoms with Gasteiger partial charge >= 0.3 is 0 Å². The number of piperidine rings is 1. The van der Waals surface area contributed by atoms with Gasteiger partial charge in [0.25, 0.3) is 0 Å². The number of ether oxygens (including phenoxy) is 1. The lowest BCUT2D eigenvalue weighted by Crippen LogP contribution is -2.40. The molecule has 1 aromatic heterocycles. The molecule has 0 unspecified atom stereocenters. The van der Waals surface area contributed by atoms with Gasteiger partial charge in [-0.2, -0.15) is 0 Å². The summed E-state index contributed by atoms with van der Waals surface area (Å²) >= 11 is 0. The monoisotopic (exact) mass is 326 g/mol. The Morgan fingerprint density at radius 1 is 1.17 bits per heavy atom. The molecule has 1 fully saturated rings. The minimum atomic E-state index is -0.260. The van der Waals surface area contributed by atoms with Crippen LogP contribution in [0.2, 0.25) is 0 Å². The maximum absolute atomic E-state index is 12.3. The van der Waals surface area contributed by atoms with Crippen molar-refractivity contribution >= 4 is 5.91 Å². The highest BCUT2D eigenvalue weighted by Gasteiger charge is 2.21. The van der Waals surface area contributed by atoms with Crippen molar-refractivity contribution in [1.29, 1.82) is 0 Å². The standard InChI is InChI=1S/C19H22N2O3/c22-17-8-11-21(12-9-17)19(23)13-15-4-6-18(7-5-15)24-14-16-3-1-2-10-20-16/h1-7,10,17,22H,8-9,11-14H2. The molecule has 5 nitrogen and oxygen atoms in total. The van der Waals surface area contributed by atoms with Crippen LogP contribution in [-0.2, 0) is 17.8 Å². The zero-order valence-corrected chi connectivity index (χ0v) is 13.6. The van der Waals surface area contributed by atoms with E-state index >= 15 is 0 Å². The minimum Gasteiger partial charge on any atom is -0.487 e. The molecule has 126 valence electrons. The van der Waals surface area contributed by atoms with Gasteiger partial charge < -0.3 is 14.7 Å². The third-order valence-electron chi connectivity index (χ3n) is 4.21. The third-order valence-corrected chi connectivity index (χ3v) is 4.21.